The van der Waals surface area contributed by atoms with Crippen molar-refractivity contribution in [1.29, 1.82) is 0 Å². The highest BCUT2D eigenvalue weighted by Gasteiger charge is 1.99. The molecule has 0 aromatic carbocycles. The molecule has 0 heterocycles. The Hall–Kier alpha value is -0.260. The van der Waals surface area contributed by atoms with Crippen molar-refractivity contribution in [3.63, 3.8) is 0 Å². The Morgan fingerprint density at radius 2 is 1.92 bits per heavy atom. The van der Waals surface area contributed by atoms with Crippen LogP contribution in [0.5, 0.6) is 0 Å². The van der Waals surface area contributed by atoms with Crippen LogP contribution in [0.3, 0.4) is 0 Å². The van der Waals surface area contributed by atoms with Crippen molar-refractivity contribution in [1.82, 2.24) is 0 Å². The molecule has 0 nitrogen and oxygen atoms in total. The maximum absolute atomic E-state index is 3.74. The van der Waals surface area contributed by atoms with Crippen LogP contribution in [0, 0.1) is 5.92 Å². The molecule has 0 N–H and O–H groups in total. The predicted octanol–water partition coefficient (Wildman–Crippen LogP) is 4.56. The van der Waals surface area contributed by atoms with Crippen molar-refractivity contribution in [3.05, 3.63) is 12.7 Å². The molecule has 0 saturated heterocycles. The minimum atomic E-state index is 0.903. The molecule has 0 heteroatoms. The van der Waals surface area contributed by atoms with Gasteiger partial charge in [-0.1, -0.05) is 52.0 Å². The third kappa shape index (κ3) is 7.84. The van der Waals surface area contributed by atoms with E-state index in [1.807, 2.05) is 6.08 Å². The molecule has 0 amide bonds. The topological polar surface area (TPSA) is 0 Å². The fraction of sp³-hybridized carbons (Fsp3) is 0.833. The summed E-state index contributed by atoms with van der Waals surface area (Å²) in [5.74, 6) is 0.903. The Kier molecular flexibility index (Phi) is 8.64. The van der Waals surface area contributed by atoms with Gasteiger partial charge in [-0.3, -0.25) is 0 Å². The summed E-state index contributed by atoms with van der Waals surface area (Å²) >= 11 is 0. The van der Waals surface area contributed by atoms with Gasteiger partial charge >= 0.3 is 0 Å². The SMILES string of the molecule is C=CCC[C@H](C)CCCCCC. The van der Waals surface area contributed by atoms with E-state index in [2.05, 4.69) is 20.4 Å². The lowest BCUT2D eigenvalue weighted by Crippen LogP contribution is -1.93. The molecule has 0 aliphatic rings. The second-order valence-corrected chi connectivity index (χ2v) is 3.82. The van der Waals surface area contributed by atoms with Gasteiger partial charge in [-0.15, -0.1) is 6.58 Å². The minimum absolute atomic E-state index is 0.903. The van der Waals surface area contributed by atoms with Crippen LogP contribution in [0.15, 0.2) is 12.7 Å². The molecule has 0 aromatic heterocycles. The van der Waals surface area contributed by atoms with Crippen LogP contribution in [0.2, 0.25) is 0 Å². The molecule has 0 bridgehead atoms. The van der Waals surface area contributed by atoms with Crippen LogP contribution in [-0.2, 0) is 0 Å². The molecule has 0 aliphatic carbocycles. The van der Waals surface area contributed by atoms with E-state index in [1.165, 1.54) is 44.9 Å². The Labute approximate surface area is 78.1 Å². The molecular weight excluding hydrogens is 144 g/mol. The first kappa shape index (κ1) is 11.7. The summed E-state index contributed by atoms with van der Waals surface area (Å²) in [6.45, 7) is 8.36. The van der Waals surface area contributed by atoms with E-state index in [0.717, 1.165) is 5.92 Å². The quantitative estimate of drug-likeness (QED) is 0.368. The molecular formula is C12H24. The molecule has 72 valence electrons. The summed E-state index contributed by atoms with van der Waals surface area (Å²) in [7, 11) is 0. The van der Waals surface area contributed by atoms with Gasteiger partial charge in [0, 0.05) is 0 Å². The summed E-state index contributed by atoms with van der Waals surface area (Å²) in [4.78, 5) is 0. The molecule has 0 aliphatic heterocycles. The van der Waals surface area contributed by atoms with Crippen LogP contribution in [0.25, 0.3) is 0 Å². The van der Waals surface area contributed by atoms with Crippen LogP contribution >= 0.6 is 0 Å². The summed E-state index contributed by atoms with van der Waals surface area (Å²) in [6, 6.07) is 0. The smallest absolute Gasteiger partial charge is 0.0351 e. The molecule has 0 rings (SSSR count). The van der Waals surface area contributed by atoms with E-state index in [-0.39, 0.29) is 0 Å². The molecule has 12 heavy (non-hydrogen) atoms. The second kappa shape index (κ2) is 8.83. The van der Waals surface area contributed by atoms with Crippen LogP contribution in [0.4, 0.5) is 0 Å². The van der Waals surface area contributed by atoms with E-state index in [1.54, 1.807) is 0 Å². The maximum atomic E-state index is 3.74. The fourth-order valence-corrected chi connectivity index (χ4v) is 1.47. The number of unbranched alkanes of at least 4 members (excludes halogenated alkanes) is 3. The van der Waals surface area contributed by atoms with Gasteiger partial charge in [0.05, 0.1) is 0 Å². The molecule has 0 radical (unpaired) electrons. The van der Waals surface area contributed by atoms with Gasteiger partial charge in [-0.25, -0.2) is 0 Å². The average Bonchev–Trinajstić information content (AvgIpc) is 2.09. The monoisotopic (exact) mass is 168 g/mol. The van der Waals surface area contributed by atoms with Crippen molar-refractivity contribution < 1.29 is 0 Å². The third-order valence-electron chi connectivity index (χ3n) is 2.41. The third-order valence-corrected chi connectivity index (χ3v) is 2.41. The highest BCUT2D eigenvalue weighted by Crippen LogP contribution is 2.15. The largest absolute Gasteiger partial charge is 0.103 e. The molecule has 0 fully saturated rings. The first-order valence-electron chi connectivity index (χ1n) is 5.42. The summed E-state index contributed by atoms with van der Waals surface area (Å²) in [5, 5.41) is 0. The standard InChI is InChI=1S/C12H24/c1-4-6-8-9-11-12(3)10-7-5-2/h5,12H,2,4,6-11H2,1,3H3/t12-/m0/s1. The Bertz CT molecular complexity index is 94.2. The van der Waals surface area contributed by atoms with Gasteiger partial charge in [-0.2, -0.15) is 0 Å². The zero-order valence-electron chi connectivity index (χ0n) is 8.81. The Morgan fingerprint density at radius 1 is 1.17 bits per heavy atom. The van der Waals surface area contributed by atoms with Crippen molar-refractivity contribution in [2.24, 2.45) is 5.92 Å². The number of hydrogen-bond acceptors (Lipinski definition) is 0. The van der Waals surface area contributed by atoms with E-state index < -0.39 is 0 Å². The van der Waals surface area contributed by atoms with E-state index in [4.69, 9.17) is 0 Å². The zero-order chi connectivity index (χ0) is 9.23. The Morgan fingerprint density at radius 3 is 2.50 bits per heavy atom. The lowest BCUT2D eigenvalue weighted by molar-refractivity contribution is 0.463. The minimum Gasteiger partial charge on any atom is -0.103 e. The lowest BCUT2D eigenvalue weighted by atomic mass is 9.98. The maximum Gasteiger partial charge on any atom is -0.0351 e. The number of allylic oxidation sites excluding steroid dienone is 1. The lowest BCUT2D eigenvalue weighted by Gasteiger charge is -2.08. The second-order valence-electron chi connectivity index (χ2n) is 3.82. The van der Waals surface area contributed by atoms with E-state index >= 15 is 0 Å². The highest BCUT2D eigenvalue weighted by molar-refractivity contribution is 4.68. The van der Waals surface area contributed by atoms with Gasteiger partial charge in [0.2, 0.25) is 0 Å². The summed E-state index contributed by atoms with van der Waals surface area (Å²) in [5.41, 5.74) is 0. The Balaban J connectivity index is 3.07. The van der Waals surface area contributed by atoms with Gasteiger partial charge in [-0.05, 0) is 18.8 Å². The average molecular weight is 168 g/mol. The molecule has 0 unspecified atom stereocenters. The van der Waals surface area contributed by atoms with Gasteiger partial charge in [0.1, 0.15) is 0 Å². The number of hydrogen-bond donors (Lipinski definition) is 0. The predicted molar refractivity (Wildman–Crippen MR) is 57.4 cm³/mol. The summed E-state index contributed by atoms with van der Waals surface area (Å²) in [6.07, 6.45) is 11.6. The van der Waals surface area contributed by atoms with Gasteiger partial charge < -0.3 is 0 Å². The van der Waals surface area contributed by atoms with Crippen LogP contribution < -0.4 is 0 Å². The van der Waals surface area contributed by atoms with Crippen molar-refractivity contribution in [3.8, 4) is 0 Å². The van der Waals surface area contributed by atoms with Crippen LogP contribution in [0.1, 0.15) is 58.8 Å². The summed E-state index contributed by atoms with van der Waals surface area (Å²) < 4.78 is 0. The highest BCUT2D eigenvalue weighted by atomic mass is 14.1. The van der Waals surface area contributed by atoms with E-state index in [9.17, 15) is 0 Å². The van der Waals surface area contributed by atoms with Gasteiger partial charge in [0.25, 0.3) is 0 Å². The van der Waals surface area contributed by atoms with Crippen molar-refractivity contribution in [2.45, 2.75) is 58.8 Å². The zero-order valence-corrected chi connectivity index (χ0v) is 8.81. The van der Waals surface area contributed by atoms with Crippen LogP contribution in [-0.4, -0.2) is 0 Å². The van der Waals surface area contributed by atoms with Gasteiger partial charge in [0.15, 0.2) is 0 Å². The molecule has 0 spiro atoms. The fourth-order valence-electron chi connectivity index (χ4n) is 1.47. The van der Waals surface area contributed by atoms with Crippen molar-refractivity contribution >= 4 is 0 Å². The molecule has 1 atom stereocenters. The van der Waals surface area contributed by atoms with E-state index in [0.29, 0.717) is 0 Å². The first-order chi connectivity index (χ1) is 5.81. The molecule has 0 saturated carbocycles. The first-order valence-corrected chi connectivity index (χ1v) is 5.42. The normalized spacial score (nSPS) is 12.8. The van der Waals surface area contributed by atoms with Crippen molar-refractivity contribution in [2.75, 3.05) is 0 Å². The number of rotatable bonds is 8. The molecule has 0 aromatic rings.